The largest absolute Gasteiger partial charge is 0.355 e. The molecule has 1 atom stereocenters. The van der Waals surface area contributed by atoms with Crippen LogP contribution < -0.4 is 11.1 Å². The molecule has 0 bridgehead atoms. The fourth-order valence-corrected chi connectivity index (χ4v) is 3.39. The van der Waals surface area contributed by atoms with E-state index in [1.807, 2.05) is 0 Å². The zero-order valence-electron chi connectivity index (χ0n) is 12.6. The van der Waals surface area contributed by atoms with Crippen LogP contribution in [0.4, 0.5) is 0 Å². The SMILES string of the molecule is Cc1ccc(CN2CCCC(C(=O)NCCN)C2)c(Br)c1. The summed E-state index contributed by atoms with van der Waals surface area (Å²) >= 11 is 3.63. The number of likely N-dealkylation sites (tertiary alicyclic amines) is 1. The van der Waals surface area contributed by atoms with Gasteiger partial charge < -0.3 is 11.1 Å². The van der Waals surface area contributed by atoms with Crippen LogP contribution in [0.5, 0.6) is 0 Å². The second-order valence-electron chi connectivity index (χ2n) is 5.75. The number of carbonyl (C=O) groups excluding carboxylic acids is 1. The molecule has 0 aliphatic carbocycles. The Morgan fingerprint density at radius 3 is 3.05 bits per heavy atom. The molecule has 1 aromatic carbocycles. The number of carbonyl (C=O) groups is 1. The lowest BCUT2D eigenvalue weighted by atomic mass is 9.96. The number of piperidine rings is 1. The molecule has 0 radical (unpaired) electrons. The summed E-state index contributed by atoms with van der Waals surface area (Å²) in [6, 6.07) is 6.44. The molecule has 1 aliphatic heterocycles. The number of aryl methyl sites for hydroxylation is 1. The molecule has 1 aromatic rings. The van der Waals surface area contributed by atoms with Crippen molar-refractivity contribution in [2.75, 3.05) is 26.2 Å². The Kier molecular flexibility index (Phi) is 6.21. The number of hydrogen-bond acceptors (Lipinski definition) is 3. The third kappa shape index (κ3) is 4.80. The van der Waals surface area contributed by atoms with Crippen molar-refractivity contribution in [3.05, 3.63) is 33.8 Å². The van der Waals surface area contributed by atoms with Gasteiger partial charge >= 0.3 is 0 Å². The molecule has 116 valence electrons. The highest BCUT2D eigenvalue weighted by Crippen LogP contribution is 2.23. The Morgan fingerprint density at radius 1 is 1.52 bits per heavy atom. The van der Waals surface area contributed by atoms with E-state index >= 15 is 0 Å². The monoisotopic (exact) mass is 353 g/mol. The fourth-order valence-electron chi connectivity index (χ4n) is 2.77. The van der Waals surface area contributed by atoms with E-state index in [1.165, 1.54) is 11.1 Å². The standard InChI is InChI=1S/C16H24BrN3O/c1-12-4-5-13(15(17)9-12)10-20-8-2-3-14(11-20)16(21)19-7-6-18/h4-5,9,14H,2-3,6-8,10-11,18H2,1H3,(H,19,21). The summed E-state index contributed by atoms with van der Waals surface area (Å²) in [6.07, 6.45) is 2.05. The van der Waals surface area contributed by atoms with Crippen molar-refractivity contribution in [1.82, 2.24) is 10.2 Å². The molecule has 1 aliphatic rings. The number of amides is 1. The zero-order chi connectivity index (χ0) is 15.2. The normalized spacial score (nSPS) is 19.5. The average molecular weight is 354 g/mol. The van der Waals surface area contributed by atoms with E-state index in [-0.39, 0.29) is 11.8 Å². The first kappa shape index (κ1) is 16.5. The minimum atomic E-state index is 0.0922. The lowest BCUT2D eigenvalue weighted by Gasteiger charge is -2.32. The van der Waals surface area contributed by atoms with Gasteiger partial charge in [-0.1, -0.05) is 28.1 Å². The molecule has 1 fully saturated rings. The summed E-state index contributed by atoms with van der Waals surface area (Å²) in [7, 11) is 0. The number of rotatable bonds is 5. The van der Waals surface area contributed by atoms with Crippen LogP contribution in [-0.4, -0.2) is 37.0 Å². The summed E-state index contributed by atoms with van der Waals surface area (Å²) in [5.74, 6) is 0.239. The Bertz CT molecular complexity index is 492. The molecule has 0 spiro atoms. The van der Waals surface area contributed by atoms with Gasteiger partial charge in [-0.3, -0.25) is 9.69 Å². The summed E-state index contributed by atoms with van der Waals surface area (Å²) in [6.45, 7) is 5.93. The molecular weight excluding hydrogens is 330 g/mol. The predicted octanol–water partition coefficient (Wildman–Crippen LogP) is 2.04. The van der Waals surface area contributed by atoms with Gasteiger partial charge in [-0.05, 0) is 43.5 Å². The van der Waals surface area contributed by atoms with Crippen molar-refractivity contribution in [3.63, 3.8) is 0 Å². The second-order valence-corrected chi connectivity index (χ2v) is 6.60. The zero-order valence-corrected chi connectivity index (χ0v) is 14.2. The molecule has 0 aromatic heterocycles. The molecule has 1 saturated heterocycles. The van der Waals surface area contributed by atoms with Crippen molar-refractivity contribution >= 4 is 21.8 Å². The van der Waals surface area contributed by atoms with Crippen LogP contribution >= 0.6 is 15.9 Å². The Morgan fingerprint density at radius 2 is 2.33 bits per heavy atom. The minimum absolute atomic E-state index is 0.0922. The quantitative estimate of drug-likeness (QED) is 0.851. The van der Waals surface area contributed by atoms with E-state index in [9.17, 15) is 4.79 Å². The van der Waals surface area contributed by atoms with Gasteiger partial charge in [0.2, 0.25) is 5.91 Å². The van der Waals surface area contributed by atoms with Gasteiger partial charge in [0.05, 0.1) is 5.92 Å². The smallest absolute Gasteiger partial charge is 0.224 e. The number of benzene rings is 1. The highest BCUT2D eigenvalue weighted by molar-refractivity contribution is 9.10. The number of halogens is 1. The summed E-state index contributed by atoms with van der Waals surface area (Å²) in [5, 5.41) is 2.91. The van der Waals surface area contributed by atoms with Gasteiger partial charge in [0, 0.05) is 30.7 Å². The van der Waals surface area contributed by atoms with Crippen molar-refractivity contribution in [1.29, 1.82) is 0 Å². The molecule has 3 N–H and O–H groups in total. The molecule has 4 nitrogen and oxygen atoms in total. The van der Waals surface area contributed by atoms with Gasteiger partial charge in [-0.2, -0.15) is 0 Å². The first-order chi connectivity index (χ1) is 10.1. The maximum absolute atomic E-state index is 12.1. The number of nitrogens with two attached hydrogens (primary N) is 1. The first-order valence-corrected chi connectivity index (χ1v) is 8.34. The summed E-state index contributed by atoms with van der Waals surface area (Å²) in [4.78, 5) is 14.4. The van der Waals surface area contributed by atoms with Crippen LogP contribution in [0.25, 0.3) is 0 Å². The van der Waals surface area contributed by atoms with E-state index in [4.69, 9.17) is 5.73 Å². The maximum atomic E-state index is 12.1. The van der Waals surface area contributed by atoms with Gasteiger partial charge in [-0.15, -0.1) is 0 Å². The third-order valence-corrected chi connectivity index (χ3v) is 4.66. The van der Waals surface area contributed by atoms with Crippen LogP contribution in [0.15, 0.2) is 22.7 Å². The Labute approximate surface area is 135 Å². The van der Waals surface area contributed by atoms with E-state index in [0.29, 0.717) is 13.1 Å². The van der Waals surface area contributed by atoms with Crippen molar-refractivity contribution in [2.45, 2.75) is 26.3 Å². The molecular formula is C16H24BrN3O. The Hall–Kier alpha value is -0.910. The van der Waals surface area contributed by atoms with Crippen molar-refractivity contribution in [2.24, 2.45) is 11.7 Å². The van der Waals surface area contributed by atoms with Crippen LogP contribution in [0.3, 0.4) is 0 Å². The van der Waals surface area contributed by atoms with Gasteiger partial charge in [0.1, 0.15) is 0 Å². The predicted molar refractivity (Wildman–Crippen MR) is 88.9 cm³/mol. The first-order valence-electron chi connectivity index (χ1n) is 7.55. The molecule has 21 heavy (non-hydrogen) atoms. The molecule has 1 amide bonds. The van der Waals surface area contributed by atoms with E-state index in [2.05, 4.69) is 51.3 Å². The molecule has 1 unspecified atom stereocenters. The number of nitrogens with one attached hydrogen (secondary N) is 1. The average Bonchev–Trinajstić information content (AvgIpc) is 2.48. The summed E-state index contributed by atoms with van der Waals surface area (Å²) in [5.41, 5.74) is 7.97. The van der Waals surface area contributed by atoms with Crippen LogP contribution in [-0.2, 0) is 11.3 Å². The van der Waals surface area contributed by atoms with Gasteiger partial charge in [0.25, 0.3) is 0 Å². The Balaban J connectivity index is 1.93. The van der Waals surface area contributed by atoms with E-state index < -0.39 is 0 Å². The van der Waals surface area contributed by atoms with Crippen LogP contribution in [0, 0.1) is 12.8 Å². The maximum Gasteiger partial charge on any atom is 0.224 e. The molecule has 0 saturated carbocycles. The molecule has 2 rings (SSSR count). The van der Waals surface area contributed by atoms with Crippen LogP contribution in [0.1, 0.15) is 24.0 Å². The van der Waals surface area contributed by atoms with E-state index in [0.717, 1.165) is 36.9 Å². The minimum Gasteiger partial charge on any atom is -0.355 e. The van der Waals surface area contributed by atoms with Crippen LogP contribution in [0.2, 0.25) is 0 Å². The van der Waals surface area contributed by atoms with E-state index in [1.54, 1.807) is 0 Å². The highest BCUT2D eigenvalue weighted by Gasteiger charge is 2.25. The number of nitrogens with zero attached hydrogens (tertiary/aromatic N) is 1. The number of hydrogen-bond donors (Lipinski definition) is 2. The summed E-state index contributed by atoms with van der Waals surface area (Å²) < 4.78 is 1.15. The lowest BCUT2D eigenvalue weighted by Crippen LogP contribution is -2.43. The topological polar surface area (TPSA) is 58.4 Å². The van der Waals surface area contributed by atoms with Gasteiger partial charge in [0.15, 0.2) is 0 Å². The second kappa shape index (κ2) is 7.92. The van der Waals surface area contributed by atoms with Crippen molar-refractivity contribution in [3.8, 4) is 0 Å². The molecule has 5 heteroatoms. The van der Waals surface area contributed by atoms with Crippen molar-refractivity contribution < 1.29 is 4.79 Å². The third-order valence-electron chi connectivity index (χ3n) is 3.92. The fraction of sp³-hybridized carbons (Fsp3) is 0.562. The lowest BCUT2D eigenvalue weighted by molar-refractivity contribution is -0.126. The molecule has 1 heterocycles. The highest BCUT2D eigenvalue weighted by atomic mass is 79.9. The van der Waals surface area contributed by atoms with Gasteiger partial charge in [-0.25, -0.2) is 0 Å².